The molecule has 128 valence electrons. The van der Waals surface area contributed by atoms with E-state index in [1.807, 2.05) is 25.4 Å². The van der Waals surface area contributed by atoms with Crippen LogP contribution in [-0.2, 0) is 11.2 Å². The third-order valence-corrected chi connectivity index (χ3v) is 4.20. The lowest BCUT2D eigenvalue weighted by Crippen LogP contribution is -2.28. The van der Waals surface area contributed by atoms with Crippen LogP contribution in [0.4, 0.5) is 17.5 Å². The van der Waals surface area contributed by atoms with Gasteiger partial charge in [-0.15, -0.1) is 0 Å². The van der Waals surface area contributed by atoms with Gasteiger partial charge in [0.05, 0.1) is 0 Å². The maximum absolute atomic E-state index is 5.40. The van der Waals surface area contributed by atoms with Crippen molar-refractivity contribution in [2.45, 2.75) is 45.6 Å². The predicted molar refractivity (Wildman–Crippen MR) is 95.7 cm³/mol. The second kappa shape index (κ2) is 8.06. The number of aromatic nitrogens is 3. The van der Waals surface area contributed by atoms with Crippen LogP contribution in [0.25, 0.3) is 0 Å². The van der Waals surface area contributed by atoms with E-state index in [0.29, 0.717) is 12.0 Å². The van der Waals surface area contributed by atoms with Crippen molar-refractivity contribution >= 4 is 17.5 Å². The van der Waals surface area contributed by atoms with Crippen LogP contribution in [0.5, 0.6) is 0 Å². The van der Waals surface area contributed by atoms with E-state index in [1.165, 1.54) is 5.56 Å². The van der Waals surface area contributed by atoms with Crippen molar-refractivity contribution in [3.63, 3.8) is 0 Å². The summed E-state index contributed by atoms with van der Waals surface area (Å²) in [5, 5.41) is 6.87. The number of aryl methyl sites for hydroxylation is 2. The molecule has 0 atom stereocenters. The Bertz CT molecular complexity index is 670. The second-order valence-corrected chi connectivity index (χ2v) is 6.16. The average Bonchev–Trinajstić information content (AvgIpc) is 2.61. The smallest absolute Gasteiger partial charge is 0.224 e. The fourth-order valence-electron chi connectivity index (χ4n) is 2.81. The van der Waals surface area contributed by atoms with Gasteiger partial charge in [-0.2, -0.15) is 4.98 Å². The van der Waals surface area contributed by atoms with Gasteiger partial charge in [0.15, 0.2) is 0 Å². The Kier molecular flexibility index (Phi) is 5.59. The maximum atomic E-state index is 5.40. The zero-order valence-corrected chi connectivity index (χ0v) is 14.4. The van der Waals surface area contributed by atoms with E-state index in [0.717, 1.165) is 56.0 Å². The van der Waals surface area contributed by atoms with Gasteiger partial charge in [-0.05, 0) is 37.8 Å². The molecule has 0 amide bonds. The van der Waals surface area contributed by atoms with Gasteiger partial charge in [0.25, 0.3) is 0 Å². The van der Waals surface area contributed by atoms with E-state index in [1.54, 1.807) is 6.20 Å². The van der Waals surface area contributed by atoms with Crippen LogP contribution in [0.1, 0.15) is 37.3 Å². The number of pyridine rings is 1. The summed E-state index contributed by atoms with van der Waals surface area (Å²) < 4.78 is 5.40. The zero-order chi connectivity index (χ0) is 16.8. The second-order valence-electron chi connectivity index (χ2n) is 6.16. The first-order valence-corrected chi connectivity index (χ1v) is 8.64. The van der Waals surface area contributed by atoms with Crippen molar-refractivity contribution < 1.29 is 4.74 Å². The molecule has 0 aliphatic carbocycles. The third kappa shape index (κ3) is 4.20. The van der Waals surface area contributed by atoms with E-state index in [-0.39, 0.29) is 0 Å². The van der Waals surface area contributed by atoms with Gasteiger partial charge in [-0.25, -0.2) is 4.98 Å². The molecule has 2 aromatic rings. The number of hydrogen-bond donors (Lipinski definition) is 2. The Labute approximate surface area is 143 Å². The van der Waals surface area contributed by atoms with Crippen LogP contribution in [-0.4, -0.2) is 34.2 Å². The summed E-state index contributed by atoms with van der Waals surface area (Å²) in [5.74, 6) is 1.50. The molecular weight excluding hydrogens is 302 g/mol. The fourth-order valence-corrected chi connectivity index (χ4v) is 2.81. The summed E-state index contributed by atoms with van der Waals surface area (Å²) in [4.78, 5) is 13.3. The highest BCUT2D eigenvalue weighted by Gasteiger charge is 2.15. The van der Waals surface area contributed by atoms with E-state index >= 15 is 0 Å². The molecule has 0 saturated carbocycles. The Morgan fingerprint density at radius 2 is 2.08 bits per heavy atom. The summed E-state index contributed by atoms with van der Waals surface area (Å²) in [7, 11) is 0. The van der Waals surface area contributed by atoms with Gasteiger partial charge in [0.1, 0.15) is 5.82 Å². The third-order valence-electron chi connectivity index (χ3n) is 4.20. The standard InChI is InChI=1S/C18H25N5O/c1-3-4-14-12-19-8-5-16(14)22-17-13(2)11-20-18(23-17)21-15-6-9-24-10-7-15/h5,8,11-12,15H,3-4,6-7,9-10H2,1-2H3,(H2,19,20,21,22,23). The first kappa shape index (κ1) is 16.6. The summed E-state index contributed by atoms with van der Waals surface area (Å²) >= 11 is 0. The quantitative estimate of drug-likeness (QED) is 0.846. The zero-order valence-electron chi connectivity index (χ0n) is 14.4. The van der Waals surface area contributed by atoms with Crippen LogP contribution < -0.4 is 10.6 Å². The largest absolute Gasteiger partial charge is 0.381 e. The molecule has 6 heteroatoms. The number of anilines is 3. The van der Waals surface area contributed by atoms with Crippen molar-refractivity contribution in [2.24, 2.45) is 0 Å². The van der Waals surface area contributed by atoms with E-state index in [4.69, 9.17) is 4.74 Å². The number of rotatable bonds is 6. The molecule has 6 nitrogen and oxygen atoms in total. The van der Waals surface area contributed by atoms with Gasteiger partial charge in [0.2, 0.25) is 5.95 Å². The Balaban J connectivity index is 1.76. The lowest BCUT2D eigenvalue weighted by atomic mass is 10.1. The highest BCUT2D eigenvalue weighted by molar-refractivity contribution is 5.62. The molecule has 0 unspecified atom stereocenters. The van der Waals surface area contributed by atoms with Crippen molar-refractivity contribution in [1.29, 1.82) is 0 Å². The van der Waals surface area contributed by atoms with Gasteiger partial charge in [-0.3, -0.25) is 4.98 Å². The first-order valence-electron chi connectivity index (χ1n) is 8.64. The van der Waals surface area contributed by atoms with Crippen molar-refractivity contribution in [3.8, 4) is 0 Å². The summed E-state index contributed by atoms with van der Waals surface area (Å²) in [6.45, 7) is 5.78. The molecule has 1 fully saturated rings. The molecule has 1 saturated heterocycles. The van der Waals surface area contributed by atoms with Crippen molar-refractivity contribution in [1.82, 2.24) is 15.0 Å². The molecule has 0 spiro atoms. The lowest BCUT2D eigenvalue weighted by molar-refractivity contribution is 0.0903. The molecule has 2 N–H and O–H groups in total. The van der Waals surface area contributed by atoms with Crippen LogP contribution in [0, 0.1) is 6.92 Å². The molecule has 2 aromatic heterocycles. The van der Waals surface area contributed by atoms with Gasteiger partial charge in [0, 0.05) is 49.1 Å². The minimum Gasteiger partial charge on any atom is -0.381 e. The first-order chi connectivity index (χ1) is 11.8. The predicted octanol–water partition coefficient (Wildman–Crippen LogP) is 3.47. The molecule has 3 heterocycles. The molecule has 0 aromatic carbocycles. The van der Waals surface area contributed by atoms with Gasteiger partial charge in [-0.1, -0.05) is 13.3 Å². The maximum Gasteiger partial charge on any atom is 0.224 e. The molecule has 1 aliphatic heterocycles. The summed E-state index contributed by atoms with van der Waals surface area (Å²) in [6, 6.07) is 2.38. The number of nitrogens with zero attached hydrogens (tertiary/aromatic N) is 3. The minimum atomic E-state index is 0.380. The number of hydrogen-bond acceptors (Lipinski definition) is 6. The number of ether oxygens (including phenoxy) is 1. The molecule has 24 heavy (non-hydrogen) atoms. The summed E-state index contributed by atoms with van der Waals surface area (Å²) in [6.07, 6.45) is 9.64. The van der Waals surface area contributed by atoms with E-state index in [2.05, 4.69) is 32.5 Å². The molecule has 1 aliphatic rings. The Morgan fingerprint density at radius 1 is 1.25 bits per heavy atom. The highest BCUT2D eigenvalue weighted by Crippen LogP contribution is 2.23. The summed E-state index contributed by atoms with van der Waals surface area (Å²) in [5.41, 5.74) is 3.29. The van der Waals surface area contributed by atoms with Crippen LogP contribution >= 0.6 is 0 Å². The Hall–Kier alpha value is -2.21. The number of nitrogens with one attached hydrogen (secondary N) is 2. The van der Waals surface area contributed by atoms with E-state index in [9.17, 15) is 0 Å². The minimum absolute atomic E-state index is 0.380. The molecule has 0 radical (unpaired) electrons. The van der Waals surface area contributed by atoms with Gasteiger partial charge >= 0.3 is 0 Å². The highest BCUT2D eigenvalue weighted by atomic mass is 16.5. The monoisotopic (exact) mass is 327 g/mol. The Morgan fingerprint density at radius 3 is 2.88 bits per heavy atom. The fraction of sp³-hybridized carbons (Fsp3) is 0.500. The van der Waals surface area contributed by atoms with Crippen LogP contribution in [0.15, 0.2) is 24.7 Å². The van der Waals surface area contributed by atoms with Gasteiger partial charge < -0.3 is 15.4 Å². The van der Waals surface area contributed by atoms with Crippen LogP contribution in [0.2, 0.25) is 0 Å². The molecule has 3 rings (SSSR count). The topological polar surface area (TPSA) is 72.0 Å². The lowest BCUT2D eigenvalue weighted by Gasteiger charge is -2.23. The van der Waals surface area contributed by atoms with Crippen molar-refractivity contribution in [2.75, 3.05) is 23.8 Å². The average molecular weight is 327 g/mol. The normalized spacial score (nSPS) is 15.2. The SMILES string of the molecule is CCCc1cnccc1Nc1nc(NC2CCOCC2)ncc1C. The molecule has 0 bridgehead atoms. The van der Waals surface area contributed by atoms with E-state index < -0.39 is 0 Å². The van der Waals surface area contributed by atoms with Crippen LogP contribution in [0.3, 0.4) is 0 Å². The van der Waals surface area contributed by atoms with Crippen molar-refractivity contribution in [3.05, 3.63) is 35.8 Å². The molecular formula is C18H25N5O.